The van der Waals surface area contributed by atoms with Gasteiger partial charge in [-0.1, -0.05) is 0 Å². The summed E-state index contributed by atoms with van der Waals surface area (Å²) in [4.78, 5) is 15.1. The van der Waals surface area contributed by atoms with Crippen LogP contribution in [-0.2, 0) is 13.7 Å². The van der Waals surface area contributed by atoms with Crippen LogP contribution in [0.15, 0.2) is 30.7 Å². The van der Waals surface area contributed by atoms with Gasteiger partial charge in [0.2, 0.25) is 0 Å². The number of halogens is 1. The summed E-state index contributed by atoms with van der Waals surface area (Å²) in [6, 6.07) is 5.06. The Balaban J connectivity index is 2.19. The maximum atomic E-state index is 11.1. The second kappa shape index (κ2) is 5.38. The zero-order valence-corrected chi connectivity index (χ0v) is 11.8. The Morgan fingerprint density at radius 3 is 2.94 bits per heavy atom. The van der Waals surface area contributed by atoms with Crippen molar-refractivity contribution in [2.75, 3.05) is 0 Å². The molecule has 0 unspecified atom stereocenters. The van der Waals surface area contributed by atoms with Crippen molar-refractivity contribution < 1.29 is 14.6 Å². The molecule has 94 valence electrons. The lowest BCUT2D eigenvalue weighted by molar-refractivity contribution is 0.0691. The van der Waals surface area contributed by atoms with Gasteiger partial charge in [-0.05, 0) is 40.8 Å². The summed E-state index contributed by atoms with van der Waals surface area (Å²) in [5.74, 6) is -0.627. The molecule has 18 heavy (non-hydrogen) atoms. The Hall–Kier alpha value is -1.57. The Kier molecular flexibility index (Phi) is 3.85. The van der Waals surface area contributed by atoms with Gasteiger partial charge >= 0.3 is 5.97 Å². The molecule has 0 atom stereocenters. The molecule has 0 aliphatic heterocycles. The van der Waals surface area contributed by atoms with E-state index in [9.17, 15) is 4.79 Å². The Bertz CT molecular complexity index is 580. The second-order valence-corrected chi connectivity index (χ2v) is 4.98. The van der Waals surface area contributed by atoms with Crippen LogP contribution in [0.3, 0.4) is 0 Å². The van der Waals surface area contributed by atoms with E-state index in [2.05, 4.69) is 27.6 Å². The van der Waals surface area contributed by atoms with Crippen LogP contribution in [0.1, 0.15) is 16.1 Å². The number of aromatic nitrogens is 2. The van der Waals surface area contributed by atoms with Crippen LogP contribution in [-0.4, -0.2) is 20.6 Å². The van der Waals surface area contributed by atoms with Gasteiger partial charge < -0.3 is 14.4 Å². The number of benzene rings is 1. The second-order valence-electron chi connectivity index (χ2n) is 3.73. The third kappa shape index (κ3) is 2.81. The van der Waals surface area contributed by atoms with Crippen LogP contribution in [0, 0.1) is 3.57 Å². The maximum absolute atomic E-state index is 11.1. The molecular weight excluding hydrogens is 347 g/mol. The van der Waals surface area contributed by atoms with Crippen LogP contribution < -0.4 is 4.74 Å². The van der Waals surface area contributed by atoms with E-state index in [1.807, 2.05) is 17.7 Å². The molecule has 1 aromatic heterocycles. The predicted molar refractivity (Wildman–Crippen MR) is 73.7 cm³/mol. The van der Waals surface area contributed by atoms with Crippen molar-refractivity contribution in [1.82, 2.24) is 9.55 Å². The minimum absolute atomic E-state index is 0.170. The van der Waals surface area contributed by atoms with Gasteiger partial charge in [0.1, 0.15) is 17.9 Å². The third-order valence-electron chi connectivity index (χ3n) is 2.46. The zero-order valence-electron chi connectivity index (χ0n) is 9.63. The van der Waals surface area contributed by atoms with E-state index in [4.69, 9.17) is 9.84 Å². The van der Waals surface area contributed by atoms with Gasteiger partial charge in [0.05, 0.1) is 18.2 Å². The van der Waals surface area contributed by atoms with Gasteiger partial charge in [0.25, 0.3) is 0 Å². The molecule has 2 rings (SSSR count). The molecule has 0 fully saturated rings. The summed E-state index contributed by atoms with van der Waals surface area (Å²) in [5.41, 5.74) is 1.05. The Morgan fingerprint density at radius 1 is 1.56 bits per heavy atom. The van der Waals surface area contributed by atoms with Crippen molar-refractivity contribution in [2.45, 2.75) is 6.61 Å². The smallest absolute Gasteiger partial charge is 0.339 e. The summed E-state index contributed by atoms with van der Waals surface area (Å²) in [7, 11) is 1.86. The lowest BCUT2D eigenvalue weighted by Crippen LogP contribution is -2.06. The van der Waals surface area contributed by atoms with E-state index >= 15 is 0 Å². The van der Waals surface area contributed by atoms with Crippen molar-refractivity contribution >= 4 is 28.6 Å². The molecule has 6 heteroatoms. The molecule has 0 amide bonds. The van der Waals surface area contributed by atoms with Crippen molar-refractivity contribution in [3.8, 4) is 5.75 Å². The number of nitrogens with zero attached hydrogens (tertiary/aromatic N) is 2. The van der Waals surface area contributed by atoms with Crippen molar-refractivity contribution in [3.05, 3.63) is 45.6 Å². The average molecular weight is 358 g/mol. The molecular formula is C12H11IN2O3. The number of ether oxygens (including phenoxy) is 1. The van der Waals surface area contributed by atoms with Gasteiger partial charge in [-0.15, -0.1) is 0 Å². The number of aromatic carboxylic acids is 1. The van der Waals surface area contributed by atoms with Gasteiger partial charge in [0.15, 0.2) is 0 Å². The number of rotatable bonds is 4. The molecule has 2 aromatic rings. The topological polar surface area (TPSA) is 64.4 Å². The standard InChI is InChI=1S/C12H11IN2O3/c1-15-7-14-5-9(15)6-18-11-3-2-8(13)4-10(11)12(16)17/h2-5,7H,6H2,1H3,(H,16,17). The molecule has 0 saturated carbocycles. The normalized spacial score (nSPS) is 10.3. The fourth-order valence-electron chi connectivity index (χ4n) is 1.47. The summed E-state index contributed by atoms with van der Waals surface area (Å²) in [6.45, 7) is 0.289. The minimum atomic E-state index is -0.992. The van der Waals surface area contributed by atoms with Gasteiger partial charge in [-0.2, -0.15) is 0 Å². The molecule has 1 heterocycles. The van der Waals surface area contributed by atoms with E-state index in [1.165, 1.54) is 0 Å². The number of carboxylic acid groups (broad SMARTS) is 1. The highest BCUT2D eigenvalue weighted by Gasteiger charge is 2.12. The molecule has 0 radical (unpaired) electrons. The van der Waals surface area contributed by atoms with Gasteiger partial charge in [-0.3, -0.25) is 0 Å². The quantitative estimate of drug-likeness (QED) is 0.852. The van der Waals surface area contributed by atoms with E-state index in [0.717, 1.165) is 9.26 Å². The molecule has 0 aliphatic rings. The fourth-order valence-corrected chi connectivity index (χ4v) is 1.96. The average Bonchev–Trinajstić information content (AvgIpc) is 2.73. The molecule has 1 aromatic carbocycles. The van der Waals surface area contributed by atoms with Gasteiger partial charge in [0, 0.05) is 10.6 Å². The monoisotopic (exact) mass is 358 g/mol. The highest BCUT2D eigenvalue weighted by atomic mass is 127. The van der Waals surface area contributed by atoms with Crippen molar-refractivity contribution in [3.63, 3.8) is 0 Å². The summed E-state index contributed by atoms with van der Waals surface area (Å²) < 4.78 is 8.22. The highest BCUT2D eigenvalue weighted by Crippen LogP contribution is 2.22. The number of carbonyl (C=O) groups is 1. The number of imidazole rings is 1. The van der Waals surface area contributed by atoms with E-state index in [-0.39, 0.29) is 12.2 Å². The lowest BCUT2D eigenvalue weighted by atomic mass is 10.2. The summed E-state index contributed by atoms with van der Waals surface area (Å²) >= 11 is 2.07. The van der Waals surface area contributed by atoms with E-state index in [1.54, 1.807) is 24.7 Å². The first kappa shape index (κ1) is 12.9. The Morgan fingerprint density at radius 2 is 2.33 bits per heavy atom. The van der Waals surface area contributed by atoms with E-state index < -0.39 is 5.97 Å². The summed E-state index contributed by atoms with van der Waals surface area (Å²) in [6.07, 6.45) is 3.36. The van der Waals surface area contributed by atoms with Crippen molar-refractivity contribution in [2.24, 2.45) is 7.05 Å². The van der Waals surface area contributed by atoms with Crippen LogP contribution in [0.2, 0.25) is 0 Å². The number of aryl methyl sites for hydroxylation is 1. The number of carboxylic acids is 1. The maximum Gasteiger partial charge on any atom is 0.339 e. The summed E-state index contributed by atoms with van der Waals surface area (Å²) in [5, 5.41) is 9.10. The lowest BCUT2D eigenvalue weighted by Gasteiger charge is -2.09. The highest BCUT2D eigenvalue weighted by molar-refractivity contribution is 14.1. The van der Waals surface area contributed by atoms with Gasteiger partial charge in [-0.25, -0.2) is 9.78 Å². The fraction of sp³-hybridized carbons (Fsp3) is 0.167. The molecule has 0 bridgehead atoms. The molecule has 5 nitrogen and oxygen atoms in total. The SMILES string of the molecule is Cn1cncc1COc1ccc(I)cc1C(=O)O. The van der Waals surface area contributed by atoms with E-state index in [0.29, 0.717) is 5.75 Å². The number of hydrogen-bond donors (Lipinski definition) is 1. The van der Waals surface area contributed by atoms with Crippen LogP contribution in [0.25, 0.3) is 0 Å². The first-order valence-corrected chi connectivity index (χ1v) is 6.26. The first-order chi connectivity index (χ1) is 8.58. The van der Waals surface area contributed by atoms with Crippen LogP contribution >= 0.6 is 22.6 Å². The molecule has 0 spiro atoms. The van der Waals surface area contributed by atoms with Crippen LogP contribution in [0.5, 0.6) is 5.75 Å². The molecule has 0 aliphatic carbocycles. The predicted octanol–water partition coefficient (Wildman–Crippen LogP) is 2.30. The number of hydrogen-bond acceptors (Lipinski definition) is 3. The van der Waals surface area contributed by atoms with Crippen molar-refractivity contribution in [1.29, 1.82) is 0 Å². The Labute approximate surface area is 118 Å². The molecule has 1 N–H and O–H groups in total. The largest absolute Gasteiger partial charge is 0.486 e. The first-order valence-electron chi connectivity index (χ1n) is 5.19. The third-order valence-corrected chi connectivity index (χ3v) is 3.14. The minimum Gasteiger partial charge on any atom is -0.486 e. The van der Waals surface area contributed by atoms with Crippen LogP contribution in [0.4, 0.5) is 0 Å². The molecule has 0 saturated heterocycles. The zero-order chi connectivity index (χ0) is 13.1.